The van der Waals surface area contributed by atoms with E-state index in [1.54, 1.807) is 38.1 Å². The number of benzene rings is 2. The van der Waals surface area contributed by atoms with E-state index in [9.17, 15) is 14.4 Å². The van der Waals surface area contributed by atoms with Crippen LogP contribution in [-0.4, -0.2) is 30.0 Å². The number of esters is 1. The van der Waals surface area contributed by atoms with Gasteiger partial charge < -0.3 is 14.8 Å². The Hall–Kier alpha value is -3.15. The standard InChI is InChI=1S/C22H25NO5/c1-16(2)28-21(25)19(13-14-20(24)18-11-7-4-8-12-18)23-22(26)27-15-17-9-5-3-6-10-17/h3-12,16,19H,13-15H2,1-2H3,(H,23,26). The Morgan fingerprint density at radius 2 is 1.54 bits per heavy atom. The summed E-state index contributed by atoms with van der Waals surface area (Å²) in [5, 5.41) is 2.51. The van der Waals surface area contributed by atoms with Crippen molar-refractivity contribution in [2.75, 3.05) is 0 Å². The molecule has 0 heterocycles. The first-order chi connectivity index (χ1) is 13.5. The number of alkyl carbamates (subject to hydrolysis) is 1. The van der Waals surface area contributed by atoms with Gasteiger partial charge in [-0.2, -0.15) is 0 Å². The highest BCUT2D eigenvalue weighted by Crippen LogP contribution is 2.10. The predicted octanol–water partition coefficient (Wildman–Crippen LogP) is 3.90. The van der Waals surface area contributed by atoms with Crippen LogP contribution >= 0.6 is 0 Å². The van der Waals surface area contributed by atoms with Gasteiger partial charge in [0.05, 0.1) is 6.10 Å². The van der Waals surface area contributed by atoms with Crippen LogP contribution in [0.4, 0.5) is 4.79 Å². The summed E-state index contributed by atoms with van der Waals surface area (Å²) in [6.07, 6.45) is -0.843. The molecule has 6 heteroatoms. The van der Waals surface area contributed by atoms with Crippen LogP contribution in [0.5, 0.6) is 0 Å². The van der Waals surface area contributed by atoms with Crippen LogP contribution in [0, 0.1) is 0 Å². The minimum atomic E-state index is -0.960. The Kier molecular flexibility index (Phi) is 8.21. The summed E-state index contributed by atoms with van der Waals surface area (Å²) >= 11 is 0. The number of hydrogen-bond donors (Lipinski definition) is 1. The van der Waals surface area contributed by atoms with E-state index in [-0.39, 0.29) is 31.3 Å². The number of ether oxygens (including phenoxy) is 2. The maximum atomic E-state index is 12.3. The van der Waals surface area contributed by atoms with Crippen molar-refractivity contribution in [1.29, 1.82) is 0 Å². The van der Waals surface area contributed by atoms with Gasteiger partial charge in [-0.05, 0) is 25.8 Å². The molecule has 1 atom stereocenters. The van der Waals surface area contributed by atoms with E-state index in [2.05, 4.69) is 5.32 Å². The molecule has 0 aliphatic rings. The molecule has 1 unspecified atom stereocenters. The Morgan fingerprint density at radius 3 is 2.14 bits per heavy atom. The van der Waals surface area contributed by atoms with Gasteiger partial charge in [0.1, 0.15) is 12.6 Å². The smallest absolute Gasteiger partial charge is 0.408 e. The molecule has 1 N–H and O–H groups in total. The van der Waals surface area contributed by atoms with Crippen molar-refractivity contribution in [3.63, 3.8) is 0 Å². The molecule has 148 valence electrons. The first kappa shape index (κ1) is 21.2. The minimum absolute atomic E-state index is 0.0849. The second kappa shape index (κ2) is 10.9. The molecule has 2 aromatic carbocycles. The largest absolute Gasteiger partial charge is 0.461 e. The Morgan fingerprint density at radius 1 is 0.929 bits per heavy atom. The van der Waals surface area contributed by atoms with E-state index in [4.69, 9.17) is 9.47 Å². The number of hydrogen-bond acceptors (Lipinski definition) is 5. The second-order valence-electron chi connectivity index (χ2n) is 6.57. The number of carbonyl (C=O) groups is 3. The van der Waals surface area contributed by atoms with Crippen molar-refractivity contribution in [3.8, 4) is 0 Å². The molecule has 0 fully saturated rings. The quantitative estimate of drug-likeness (QED) is 0.525. The molecule has 0 aliphatic heterocycles. The molecule has 0 spiro atoms. The van der Waals surface area contributed by atoms with Gasteiger partial charge in [-0.15, -0.1) is 0 Å². The van der Waals surface area contributed by atoms with Gasteiger partial charge in [-0.1, -0.05) is 60.7 Å². The third-order valence-electron chi connectivity index (χ3n) is 3.90. The molecule has 6 nitrogen and oxygen atoms in total. The van der Waals surface area contributed by atoms with E-state index in [0.29, 0.717) is 5.56 Å². The van der Waals surface area contributed by atoms with E-state index in [1.807, 2.05) is 36.4 Å². The zero-order valence-electron chi connectivity index (χ0n) is 16.1. The zero-order chi connectivity index (χ0) is 20.4. The monoisotopic (exact) mass is 383 g/mol. The highest BCUT2D eigenvalue weighted by Gasteiger charge is 2.25. The van der Waals surface area contributed by atoms with Crippen LogP contribution < -0.4 is 5.32 Å². The first-order valence-corrected chi connectivity index (χ1v) is 9.21. The molecule has 1 amide bonds. The van der Waals surface area contributed by atoms with Crippen molar-refractivity contribution >= 4 is 17.8 Å². The number of amides is 1. The lowest BCUT2D eigenvalue weighted by atomic mass is 10.0. The Bertz CT molecular complexity index is 774. The molecule has 0 saturated carbocycles. The molecule has 0 aliphatic carbocycles. The second-order valence-corrected chi connectivity index (χ2v) is 6.57. The molecule has 28 heavy (non-hydrogen) atoms. The van der Waals surface area contributed by atoms with Gasteiger partial charge in [-0.3, -0.25) is 4.79 Å². The summed E-state index contributed by atoms with van der Waals surface area (Å²) in [7, 11) is 0. The van der Waals surface area contributed by atoms with Crippen LogP contribution in [0.2, 0.25) is 0 Å². The SMILES string of the molecule is CC(C)OC(=O)C(CCC(=O)c1ccccc1)NC(=O)OCc1ccccc1. The van der Waals surface area contributed by atoms with Gasteiger partial charge in [-0.25, -0.2) is 9.59 Å². The van der Waals surface area contributed by atoms with Gasteiger partial charge in [0.2, 0.25) is 0 Å². The maximum absolute atomic E-state index is 12.3. The molecular weight excluding hydrogens is 358 g/mol. The fraction of sp³-hybridized carbons (Fsp3) is 0.318. The molecule has 0 radical (unpaired) electrons. The van der Waals surface area contributed by atoms with Crippen molar-refractivity contribution < 1.29 is 23.9 Å². The Balaban J connectivity index is 1.93. The molecule has 2 rings (SSSR count). The highest BCUT2D eigenvalue weighted by molar-refractivity contribution is 5.96. The first-order valence-electron chi connectivity index (χ1n) is 9.21. The van der Waals surface area contributed by atoms with Crippen molar-refractivity contribution in [2.45, 2.75) is 45.4 Å². The number of Topliss-reactive ketones (excluding diaryl/α,β-unsaturated/α-hetero) is 1. The third kappa shape index (κ3) is 7.23. The predicted molar refractivity (Wildman–Crippen MR) is 105 cm³/mol. The Labute approximate surface area is 164 Å². The fourth-order valence-electron chi connectivity index (χ4n) is 2.51. The summed E-state index contributed by atoms with van der Waals surface area (Å²) in [5.41, 5.74) is 1.39. The van der Waals surface area contributed by atoms with Crippen LogP contribution in [0.1, 0.15) is 42.6 Å². The third-order valence-corrected chi connectivity index (χ3v) is 3.90. The summed E-state index contributed by atoms with van der Waals surface area (Å²) in [6.45, 7) is 3.52. The average molecular weight is 383 g/mol. The highest BCUT2D eigenvalue weighted by atomic mass is 16.6. The summed E-state index contributed by atoms with van der Waals surface area (Å²) in [4.78, 5) is 36.7. The average Bonchev–Trinajstić information content (AvgIpc) is 2.70. The number of nitrogens with one attached hydrogen (secondary N) is 1. The molecular formula is C22H25NO5. The number of carbonyl (C=O) groups excluding carboxylic acids is 3. The maximum Gasteiger partial charge on any atom is 0.408 e. The van der Waals surface area contributed by atoms with Gasteiger partial charge in [0.25, 0.3) is 0 Å². The number of ketones is 1. The molecule has 0 saturated heterocycles. The number of rotatable bonds is 9. The zero-order valence-corrected chi connectivity index (χ0v) is 16.1. The lowest BCUT2D eigenvalue weighted by Gasteiger charge is -2.19. The molecule has 2 aromatic rings. The van der Waals surface area contributed by atoms with Crippen molar-refractivity contribution in [3.05, 3.63) is 71.8 Å². The van der Waals surface area contributed by atoms with E-state index >= 15 is 0 Å². The summed E-state index contributed by atoms with van der Waals surface area (Å²) < 4.78 is 10.4. The van der Waals surface area contributed by atoms with Crippen LogP contribution in [0.15, 0.2) is 60.7 Å². The van der Waals surface area contributed by atoms with E-state index in [1.165, 1.54) is 0 Å². The lowest BCUT2D eigenvalue weighted by Crippen LogP contribution is -2.43. The van der Waals surface area contributed by atoms with Crippen molar-refractivity contribution in [1.82, 2.24) is 5.32 Å². The molecule has 0 aromatic heterocycles. The fourth-order valence-corrected chi connectivity index (χ4v) is 2.51. The van der Waals surface area contributed by atoms with E-state index < -0.39 is 18.1 Å². The molecule has 0 bridgehead atoms. The van der Waals surface area contributed by atoms with Crippen molar-refractivity contribution in [2.24, 2.45) is 0 Å². The van der Waals surface area contributed by atoms with Crippen LogP contribution in [0.3, 0.4) is 0 Å². The normalized spacial score (nSPS) is 11.5. The van der Waals surface area contributed by atoms with Gasteiger partial charge >= 0.3 is 12.1 Å². The van der Waals surface area contributed by atoms with Gasteiger partial charge in [0.15, 0.2) is 5.78 Å². The van der Waals surface area contributed by atoms with Gasteiger partial charge in [0, 0.05) is 12.0 Å². The topological polar surface area (TPSA) is 81.7 Å². The minimum Gasteiger partial charge on any atom is -0.461 e. The lowest BCUT2D eigenvalue weighted by molar-refractivity contribution is -0.150. The van der Waals surface area contributed by atoms with Crippen LogP contribution in [-0.2, 0) is 20.9 Å². The van der Waals surface area contributed by atoms with E-state index in [0.717, 1.165) is 5.56 Å². The summed E-state index contributed by atoms with van der Waals surface area (Å²) in [6, 6.07) is 17.0. The van der Waals surface area contributed by atoms with Crippen LogP contribution in [0.25, 0.3) is 0 Å². The summed E-state index contributed by atoms with van der Waals surface area (Å²) in [5.74, 6) is -0.699.